The first-order valence-electron chi connectivity index (χ1n) is 14.3. The van der Waals surface area contributed by atoms with E-state index >= 15 is 0 Å². The van der Waals surface area contributed by atoms with Crippen molar-refractivity contribution in [1.82, 2.24) is 20.7 Å². The van der Waals surface area contributed by atoms with Gasteiger partial charge >= 0.3 is 6.09 Å². The van der Waals surface area contributed by atoms with Crippen molar-refractivity contribution in [2.24, 2.45) is 10.4 Å². The van der Waals surface area contributed by atoms with Crippen LogP contribution < -0.4 is 16.1 Å². The second-order valence-electron chi connectivity index (χ2n) is 12.8. The van der Waals surface area contributed by atoms with E-state index in [0.717, 1.165) is 35.1 Å². The van der Waals surface area contributed by atoms with Crippen molar-refractivity contribution in [3.63, 3.8) is 0 Å². The Kier molecular flexibility index (Phi) is 9.20. The first kappa shape index (κ1) is 31.0. The molecule has 2 aromatic rings. The standard InChI is InChI=1S/C31H42N6O5/c1-19-16-20(11-12-21(19)17-33-27(39)25-35-28(42-36-25)30(2,3)4)22-13-14-32-18-23(22)34-26(38)24-10-8-9-15-37(24)29(40)41-31(5,6)7/h11-14,16,18,24,28H,8-10,15,17H2,1-7H3,(H,33,39)(H,34,38)(H,35,36). The fraction of sp³-hybridized carbons (Fsp3) is 0.516. The normalized spacial score (nSPS) is 19.0. The zero-order valence-corrected chi connectivity index (χ0v) is 25.5. The molecular weight excluding hydrogens is 536 g/mol. The largest absolute Gasteiger partial charge is 0.444 e. The molecule has 0 saturated carbocycles. The Bertz CT molecular complexity index is 1360. The number of nitrogens with zero attached hydrogens (tertiary/aromatic N) is 3. The smallest absolute Gasteiger partial charge is 0.410 e. The van der Waals surface area contributed by atoms with Crippen LogP contribution in [-0.2, 0) is 25.7 Å². The van der Waals surface area contributed by atoms with Gasteiger partial charge in [0.25, 0.3) is 5.91 Å². The van der Waals surface area contributed by atoms with Crippen LogP contribution in [0.2, 0.25) is 0 Å². The number of rotatable bonds is 6. The van der Waals surface area contributed by atoms with Crippen molar-refractivity contribution < 1.29 is 24.0 Å². The van der Waals surface area contributed by atoms with Gasteiger partial charge < -0.3 is 15.4 Å². The van der Waals surface area contributed by atoms with Gasteiger partial charge in [-0.2, -0.15) is 0 Å². The maximum absolute atomic E-state index is 13.4. The molecule has 226 valence electrons. The number of amides is 3. The Morgan fingerprint density at radius 3 is 2.55 bits per heavy atom. The molecule has 1 aromatic carbocycles. The van der Waals surface area contributed by atoms with Crippen LogP contribution in [0.15, 0.2) is 41.7 Å². The zero-order chi connectivity index (χ0) is 30.7. The van der Waals surface area contributed by atoms with Crippen molar-refractivity contribution in [1.29, 1.82) is 0 Å². The monoisotopic (exact) mass is 578 g/mol. The van der Waals surface area contributed by atoms with Crippen LogP contribution in [0.5, 0.6) is 0 Å². The Morgan fingerprint density at radius 2 is 1.88 bits per heavy atom. The highest BCUT2D eigenvalue weighted by Crippen LogP contribution is 2.30. The second-order valence-corrected chi connectivity index (χ2v) is 12.8. The van der Waals surface area contributed by atoms with Crippen molar-refractivity contribution >= 4 is 29.4 Å². The van der Waals surface area contributed by atoms with Crippen LogP contribution in [-0.4, -0.2) is 58.0 Å². The van der Waals surface area contributed by atoms with Crippen molar-refractivity contribution in [2.75, 3.05) is 11.9 Å². The average Bonchev–Trinajstić information content (AvgIpc) is 3.43. The van der Waals surface area contributed by atoms with Crippen LogP contribution in [0.1, 0.15) is 71.9 Å². The van der Waals surface area contributed by atoms with E-state index in [-0.39, 0.29) is 23.1 Å². The quantitative estimate of drug-likeness (QED) is 0.452. The summed E-state index contributed by atoms with van der Waals surface area (Å²) in [5.41, 5.74) is 5.89. The Labute approximate surface area is 247 Å². The molecule has 0 bridgehead atoms. The molecule has 2 atom stereocenters. The number of hydrogen-bond donors (Lipinski definition) is 3. The number of aromatic nitrogens is 1. The number of amidine groups is 1. The summed E-state index contributed by atoms with van der Waals surface area (Å²) in [6.07, 6.45) is 4.59. The number of hydrogen-bond acceptors (Lipinski definition) is 8. The molecule has 42 heavy (non-hydrogen) atoms. The molecule has 1 saturated heterocycles. The molecular formula is C31H42N6O5. The fourth-order valence-corrected chi connectivity index (χ4v) is 4.78. The maximum Gasteiger partial charge on any atom is 0.410 e. The number of anilines is 1. The van der Waals surface area contributed by atoms with Crippen LogP contribution in [0, 0.1) is 12.3 Å². The first-order chi connectivity index (χ1) is 19.7. The van der Waals surface area contributed by atoms with Crippen molar-refractivity contribution in [3.8, 4) is 11.1 Å². The number of benzene rings is 1. The second kappa shape index (κ2) is 12.5. The maximum atomic E-state index is 13.4. The molecule has 3 N–H and O–H groups in total. The van der Waals surface area contributed by atoms with Crippen LogP contribution in [0.3, 0.4) is 0 Å². The van der Waals surface area contributed by atoms with E-state index in [1.807, 2.05) is 72.7 Å². The molecule has 2 unspecified atom stereocenters. The summed E-state index contributed by atoms with van der Waals surface area (Å²) in [6, 6.07) is 7.10. The summed E-state index contributed by atoms with van der Waals surface area (Å²) in [4.78, 5) is 54.4. The van der Waals surface area contributed by atoms with Gasteiger partial charge in [0, 0.05) is 30.3 Å². The van der Waals surface area contributed by atoms with Crippen LogP contribution >= 0.6 is 0 Å². The lowest BCUT2D eigenvalue weighted by atomic mass is 9.95. The number of aryl methyl sites for hydroxylation is 1. The summed E-state index contributed by atoms with van der Waals surface area (Å²) in [6.45, 7) is 14.2. The molecule has 0 spiro atoms. The van der Waals surface area contributed by atoms with E-state index in [1.165, 1.54) is 4.90 Å². The molecule has 1 aromatic heterocycles. The van der Waals surface area contributed by atoms with Gasteiger partial charge in [0.05, 0.1) is 11.9 Å². The lowest BCUT2D eigenvalue weighted by molar-refractivity contribution is -0.122. The molecule has 11 heteroatoms. The summed E-state index contributed by atoms with van der Waals surface area (Å²) in [5.74, 6) is -0.455. The van der Waals surface area contributed by atoms with Crippen LogP contribution in [0.25, 0.3) is 11.1 Å². The topological polar surface area (TPSA) is 134 Å². The molecule has 2 aliphatic rings. The number of aliphatic imine (C=N–C) groups is 1. The summed E-state index contributed by atoms with van der Waals surface area (Å²) in [5, 5.41) is 5.90. The van der Waals surface area contributed by atoms with Gasteiger partial charge in [0.2, 0.25) is 11.7 Å². The number of piperidine rings is 1. The summed E-state index contributed by atoms with van der Waals surface area (Å²) >= 11 is 0. The third kappa shape index (κ3) is 7.64. The van der Waals surface area contributed by atoms with E-state index in [9.17, 15) is 14.4 Å². The zero-order valence-electron chi connectivity index (χ0n) is 25.5. The minimum Gasteiger partial charge on any atom is -0.444 e. The van der Waals surface area contributed by atoms with E-state index in [2.05, 4.69) is 26.1 Å². The number of carbonyl (C=O) groups excluding carboxylic acids is 3. The molecule has 3 heterocycles. The van der Waals surface area contributed by atoms with E-state index in [4.69, 9.17) is 9.57 Å². The third-order valence-electron chi connectivity index (χ3n) is 7.07. The minimum absolute atomic E-state index is 0.157. The van der Waals surface area contributed by atoms with Gasteiger partial charge in [-0.25, -0.2) is 20.1 Å². The van der Waals surface area contributed by atoms with E-state index in [1.54, 1.807) is 12.4 Å². The highest BCUT2D eigenvalue weighted by molar-refractivity contribution is 6.37. The molecule has 0 radical (unpaired) electrons. The number of hydroxylamine groups is 1. The number of ether oxygens (including phenoxy) is 1. The van der Waals surface area contributed by atoms with Gasteiger partial charge in [0.1, 0.15) is 11.6 Å². The molecule has 0 aliphatic carbocycles. The molecule has 1 fully saturated rings. The number of carbonyl (C=O) groups is 3. The van der Waals surface area contributed by atoms with Gasteiger partial charge in [-0.1, -0.05) is 39.0 Å². The highest BCUT2D eigenvalue weighted by atomic mass is 16.7. The molecule has 2 aliphatic heterocycles. The molecule has 11 nitrogen and oxygen atoms in total. The predicted molar refractivity (Wildman–Crippen MR) is 160 cm³/mol. The predicted octanol–water partition coefficient (Wildman–Crippen LogP) is 4.71. The highest BCUT2D eigenvalue weighted by Gasteiger charge is 2.35. The Hall–Kier alpha value is -3.99. The van der Waals surface area contributed by atoms with Gasteiger partial charge in [-0.05, 0) is 69.7 Å². The van der Waals surface area contributed by atoms with Crippen molar-refractivity contribution in [3.05, 3.63) is 47.8 Å². The molecule has 4 rings (SSSR count). The number of pyridine rings is 1. The number of nitrogens with one attached hydrogen (secondary N) is 3. The molecule has 3 amide bonds. The van der Waals surface area contributed by atoms with Crippen LogP contribution in [0.4, 0.5) is 10.5 Å². The van der Waals surface area contributed by atoms with Gasteiger partial charge in [-0.15, -0.1) is 0 Å². The number of likely N-dealkylation sites (tertiary alicyclic amines) is 1. The lowest BCUT2D eigenvalue weighted by Crippen LogP contribution is -2.51. The third-order valence-corrected chi connectivity index (χ3v) is 7.07. The first-order valence-corrected chi connectivity index (χ1v) is 14.3. The lowest BCUT2D eigenvalue weighted by Gasteiger charge is -2.35. The Balaban J connectivity index is 1.45. The minimum atomic E-state index is -0.649. The van der Waals surface area contributed by atoms with Gasteiger partial charge in [-0.3, -0.25) is 19.5 Å². The fourth-order valence-electron chi connectivity index (χ4n) is 4.78. The Morgan fingerprint density at radius 1 is 1.12 bits per heavy atom. The van der Waals surface area contributed by atoms with Gasteiger partial charge in [0.15, 0.2) is 6.23 Å². The average molecular weight is 579 g/mol. The van der Waals surface area contributed by atoms with Crippen molar-refractivity contribution in [2.45, 2.75) is 92.1 Å². The van der Waals surface area contributed by atoms with E-state index < -0.39 is 24.0 Å². The summed E-state index contributed by atoms with van der Waals surface area (Å²) < 4.78 is 5.56. The van der Waals surface area contributed by atoms with E-state index in [0.29, 0.717) is 25.2 Å². The SMILES string of the molecule is Cc1cc(-c2ccncc2NC(=O)C2CCCCN2C(=O)OC(C)(C)C)ccc1CNC(=O)C1=NC(C(C)(C)C)ON1. The summed E-state index contributed by atoms with van der Waals surface area (Å²) in [7, 11) is 0.